The molecule has 1 heterocycles. The summed E-state index contributed by atoms with van der Waals surface area (Å²) in [5.74, 6) is -3.86. The van der Waals surface area contributed by atoms with Gasteiger partial charge in [-0.05, 0) is 31.1 Å². The second kappa shape index (κ2) is 2.29. The highest BCUT2D eigenvalue weighted by Crippen LogP contribution is 2.75. The Kier molecular flexibility index (Phi) is 1.34. The number of rotatable bonds is 1. The number of carbonyl (C=O) groups is 1. The second-order valence-corrected chi connectivity index (χ2v) is 5.84. The number of ether oxygens (including phenoxy) is 1. The molecule has 3 saturated carbocycles. The van der Waals surface area contributed by atoms with Crippen LogP contribution >= 0.6 is 0 Å². The van der Waals surface area contributed by atoms with Crippen LogP contribution < -0.4 is 0 Å². The molecule has 5 unspecified atom stereocenters. The molecule has 2 bridgehead atoms. The van der Waals surface area contributed by atoms with Gasteiger partial charge in [-0.3, -0.25) is 4.79 Å². The van der Waals surface area contributed by atoms with E-state index in [1.165, 1.54) is 0 Å². The van der Waals surface area contributed by atoms with Gasteiger partial charge in [-0.25, -0.2) is 8.78 Å². The van der Waals surface area contributed by atoms with Gasteiger partial charge < -0.3 is 4.74 Å². The number of esters is 1. The molecule has 6 atom stereocenters. The molecule has 3 aliphatic carbocycles. The van der Waals surface area contributed by atoms with Crippen LogP contribution in [0.2, 0.25) is 0 Å². The van der Waals surface area contributed by atoms with Gasteiger partial charge in [0.05, 0.1) is 5.92 Å². The van der Waals surface area contributed by atoms with Crippen molar-refractivity contribution in [1.29, 1.82) is 0 Å². The molecule has 0 amide bonds. The molecule has 2 nitrogen and oxygen atoms in total. The topological polar surface area (TPSA) is 26.3 Å². The van der Waals surface area contributed by atoms with Crippen molar-refractivity contribution in [1.82, 2.24) is 0 Å². The predicted molar refractivity (Wildman–Crippen MR) is 50.7 cm³/mol. The normalized spacial score (nSPS) is 59.4. The lowest BCUT2D eigenvalue weighted by atomic mass is 9.77. The summed E-state index contributed by atoms with van der Waals surface area (Å²) in [6.07, 6.45) is 1.62. The first-order chi connectivity index (χ1) is 7.53. The largest absolute Gasteiger partial charge is 0.452 e. The molecule has 0 radical (unpaired) electrons. The number of carbonyl (C=O) groups excluding carboxylic acids is 1. The first-order valence-corrected chi connectivity index (χ1v) is 6.13. The van der Waals surface area contributed by atoms with Crippen LogP contribution in [-0.2, 0) is 9.53 Å². The fourth-order valence-electron chi connectivity index (χ4n) is 5.22. The minimum Gasteiger partial charge on any atom is -0.452 e. The van der Waals surface area contributed by atoms with Crippen LogP contribution in [0.25, 0.3) is 0 Å². The molecule has 0 aromatic carbocycles. The van der Waals surface area contributed by atoms with Crippen LogP contribution in [0.4, 0.5) is 8.78 Å². The van der Waals surface area contributed by atoms with Crippen molar-refractivity contribution in [3.05, 3.63) is 0 Å². The van der Waals surface area contributed by atoms with Crippen LogP contribution in [0.1, 0.15) is 26.2 Å². The Balaban J connectivity index is 1.96. The number of hydrogen-bond acceptors (Lipinski definition) is 2. The van der Waals surface area contributed by atoms with Crippen molar-refractivity contribution < 1.29 is 18.3 Å². The van der Waals surface area contributed by atoms with E-state index in [4.69, 9.17) is 4.74 Å². The van der Waals surface area contributed by atoms with E-state index in [-0.39, 0.29) is 36.1 Å². The summed E-state index contributed by atoms with van der Waals surface area (Å²) in [4.78, 5) is 11.8. The van der Waals surface area contributed by atoms with Gasteiger partial charge in [0.25, 0.3) is 5.92 Å². The lowest BCUT2D eigenvalue weighted by Crippen LogP contribution is -2.48. The molecular formula is C12H14F2O2. The summed E-state index contributed by atoms with van der Waals surface area (Å²) in [6.45, 7) is 1.72. The first kappa shape index (κ1) is 9.37. The minimum atomic E-state index is -2.80. The summed E-state index contributed by atoms with van der Waals surface area (Å²) in [6, 6.07) is 0. The van der Waals surface area contributed by atoms with Crippen molar-refractivity contribution in [3.8, 4) is 0 Å². The summed E-state index contributed by atoms with van der Waals surface area (Å²) < 4.78 is 34.0. The van der Waals surface area contributed by atoms with Gasteiger partial charge in [0.2, 0.25) is 0 Å². The summed E-state index contributed by atoms with van der Waals surface area (Å²) in [5.41, 5.74) is -1.45. The van der Waals surface area contributed by atoms with Gasteiger partial charge in [0.15, 0.2) is 5.60 Å². The Hall–Kier alpha value is -0.670. The van der Waals surface area contributed by atoms with Gasteiger partial charge in [0.1, 0.15) is 0 Å². The highest BCUT2D eigenvalue weighted by Gasteiger charge is 2.84. The smallest absolute Gasteiger partial charge is 0.310 e. The molecule has 4 heteroatoms. The van der Waals surface area contributed by atoms with Gasteiger partial charge in [-0.1, -0.05) is 6.92 Å². The van der Waals surface area contributed by atoms with Gasteiger partial charge >= 0.3 is 5.97 Å². The fraction of sp³-hybridized carbons (Fsp3) is 0.917. The van der Waals surface area contributed by atoms with E-state index in [1.54, 1.807) is 6.92 Å². The fourth-order valence-corrected chi connectivity index (χ4v) is 5.22. The maximum atomic E-state index is 14.4. The zero-order valence-electron chi connectivity index (χ0n) is 9.08. The third kappa shape index (κ3) is 0.639. The van der Waals surface area contributed by atoms with Crippen molar-refractivity contribution in [3.63, 3.8) is 0 Å². The lowest BCUT2D eigenvalue weighted by molar-refractivity contribution is -0.205. The highest BCUT2D eigenvalue weighted by molar-refractivity contribution is 5.78. The van der Waals surface area contributed by atoms with Gasteiger partial charge in [-0.15, -0.1) is 0 Å². The molecule has 4 rings (SSSR count). The van der Waals surface area contributed by atoms with E-state index in [0.29, 0.717) is 6.42 Å². The monoisotopic (exact) mass is 228 g/mol. The van der Waals surface area contributed by atoms with E-state index < -0.39 is 17.4 Å². The third-order valence-electron chi connectivity index (χ3n) is 5.65. The number of alkyl halides is 2. The summed E-state index contributed by atoms with van der Waals surface area (Å²) >= 11 is 0. The molecule has 88 valence electrons. The Morgan fingerprint density at radius 2 is 2.19 bits per heavy atom. The molecule has 1 aliphatic heterocycles. The van der Waals surface area contributed by atoms with Crippen LogP contribution in [0.5, 0.6) is 0 Å². The van der Waals surface area contributed by atoms with Crippen molar-refractivity contribution in [2.75, 3.05) is 0 Å². The third-order valence-corrected chi connectivity index (χ3v) is 5.65. The number of hydrogen-bond donors (Lipinski definition) is 0. The summed E-state index contributed by atoms with van der Waals surface area (Å²) in [5, 5.41) is 0. The molecule has 0 spiro atoms. The molecule has 0 aromatic heterocycles. The Morgan fingerprint density at radius 3 is 2.88 bits per heavy atom. The van der Waals surface area contributed by atoms with Crippen LogP contribution in [0.15, 0.2) is 0 Å². The van der Waals surface area contributed by atoms with Crippen molar-refractivity contribution in [2.24, 2.45) is 29.6 Å². The standard InChI is InChI=1S/C12H14F2O2/c1-2-11-9-6-3-5(8(9)10(15)16-11)4-7(6)12(11,13)14/h5-9H,2-4H2,1H3/t5?,6?,7?,8?,9?,11-/m0/s1. The second-order valence-electron chi connectivity index (χ2n) is 5.84. The average Bonchev–Trinajstić information content (AvgIpc) is 2.88. The first-order valence-electron chi connectivity index (χ1n) is 6.13. The Labute approximate surface area is 92.3 Å². The molecule has 0 aromatic rings. The quantitative estimate of drug-likeness (QED) is 0.643. The Morgan fingerprint density at radius 1 is 1.44 bits per heavy atom. The van der Waals surface area contributed by atoms with E-state index >= 15 is 0 Å². The van der Waals surface area contributed by atoms with Gasteiger partial charge in [0, 0.05) is 11.8 Å². The van der Waals surface area contributed by atoms with Crippen molar-refractivity contribution in [2.45, 2.75) is 37.7 Å². The van der Waals surface area contributed by atoms with Gasteiger partial charge in [-0.2, -0.15) is 0 Å². The van der Waals surface area contributed by atoms with E-state index in [9.17, 15) is 13.6 Å². The highest BCUT2D eigenvalue weighted by atomic mass is 19.3. The maximum absolute atomic E-state index is 14.4. The van der Waals surface area contributed by atoms with Crippen LogP contribution in [-0.4, -0.2) is 17.5 Å². The maximum Gasteiger partial charge on any atom is 0.310 e. The zero-order valence-corrected chi connectivity index (χ0v) is 9.08. The van der Waals surface area contributed by atoms with Crippen LogP contribution in [0, 0.1) is 29.6 Å². The zero-order chi connectivity index (χ0) is 11.3. The van der Waals surface area contributed by atoms with E-state index in [1.807, 2.05) is 0 Å². The number of halogens is 2. The molecular weight excluding hydrogens is 214 g/mol. The molecule has 4 fully saturated rings. The molecule has 4 aliphatic rings. The van der Waals surface area contributed by atoms with Crippen LogP contribution in [0.3, 0.4) is 0 Å². The average molecular weight is 228 g/mol. The van der Waals surface area contributed by atoms with E-state index in [0.717, 1.165) is 6.42 Å². The van der Waals surface area contributed by atoms with Crippen molar-refractivity contribution >= 4 is 5.97 Å². The predicted octanol–water partition coefficient (Wildman–Crippen LogP) is 2.23. The summed E-state index contributed by atoms with van der Waals surface area (Å²) in [7, 11) is 0. The lowest BCUT2D eigenvalue weighted by Gasteiger charge is -2.34. The molecule has 0 N–H and O–H groups in total. The molecule has 1 saturated heterocycles. The minimum absolute atomic E-state index is 0.0383. The Bertz CT molecular complexity index is 394. The molecule has 16 heavy (non-hydrogen) atoms. The number of fused-ring (bicyclic) bond motifs is 2. The van der Waals surface area contributed by atoms with E-state index in [2.05, 4.69) is 0 Å². The SMILES string of the molecule is CC[C@@]12OC(=O)C3C4CC(C(C4)C1(F)F)C32.